The Kier molecular flexibility index (Phi) is 3.54. The third-order valence-corrected chi connectivity index (χ3v) is 5.14. The van der Waals surface area contributed by atoms with Gasteiger partial charge in [-0.2, -0.15) is 5.26 Å². The van der Waals surface area contributed by atoms with Gasteiger partial charge in [0, 0.05) is 31.1 Å². The maximum atomic E-state index is 12.4. The minimum atomic E-state index is 0.177. The molecule has 2 aliphatic rings. The number of piperazine rings is 1. The molecule has 3 rings (SSSR count). The molecule has 1 aromatic heterocycles. The lowest BCUT2D eigenvalue weighted by molar-refractivity contribution is 0.0656. The molecule has 1 amide bonds. The van der Waals surface area contributed by atoms with E-state index < -0.39 is 0 Å². The second-order valence-electron chi connectivity index (χ2n) is 5.14. The molecule has 0 aromatic carbocycles. The molecular weight excluding hydrogens is 258 g/mol. The van der Waals surface area contributed by atoms with Gasteiger partial charge in [-0.25, -0.2) is 0 Å². The van der Waals surface area contributed by atoms with Crippen LogP contribution < -0.4 is 0 Å². The third kappa shape index (κ3) is 2.51. The number of carbonyl (C=O) groups is 1. The number of thiophene rings is 1. The van der Waals surface area contributed by atoms with Crippen LogP contribution in [0.25, 0.3) is 0 Å². The van der Waals surface area contributed by atoms with E-state index in [1.807, 2.05) is 4.90 Å². The average molecular weight is 275 g/mol. The number of hydrogen-bond acceptors (Lipinski definition) is 4. The van der Waals surface area contributed by atoms with Gasteiger partial charge in [-0.05, 0) is 30.9 Å². The van der Waals surface area contributed by atoms with Crippen molar-refractivity contribution < 1.29 is 4.79 Å². The van der Waals surface area contributed by atoms with Crippen LogP contribution in [0.1, 0.15) is 26.5 Å². The van der Waals surface area contributed by atoms with Crippen LogP contribution in [0.2, 0.25) is 0 Å². The zero-order valence-electron chi connectivity index (χ0n) is 10.9. The van der Waals surface area contributed by atoms with E-state index in [2.05, 4.69) is 17.0 Å². The lowest BCUT2D eigenvalue weighted by Crippen LogP contribution is -2.48. The Hall–Kier alpha value is -1.38. The Morgan fingerprint density at radius 2 is 2.11 bits per heavy atom. The van der Waals surface area contributed by atoms with Crippen molar-refractivity contribution in [2.24, 2.45) is 0 Å². The Bertz CT molecular complexity index is 502. The van der Waals surface area contributed by atoms with Crippen molar-refractivity contribution >= 4 is 17.2 Å². The fourth-order valence-corrected chi connectivity index (χ4v) is 4.02. The van der Waals surface area contributed by atoms with Gasteiger partial charge in [0.1, 0.15) is 0 Å². The van der Waals surface area contributed by atoms with Crippen molar-refractivity contribution in [3.63, 3.8) is 0 Å². The van der Waals surface area contributed by atoms with Gasteiger partial charge in [0.2, 0.25) is 0 Å². The second-order valence-corrected chi connectivity index (χ2v) is 6.28. The minimum Gasteiger partial charge on any atom is -0.335 e. The molecular formula is C14H17N3OS. The van der Waals surface area contributed by atoms with E-state index in [4.69, 9.17) is 5.26 Å². The summed E-state index contributed by atoms with van der Waals surface area (Å²) >= 11 is 1.68. The average Bonchev–Trinajstić information content (AvgIpc) is 3.00. The number of nitriles is 1. The van der Waals surface area contributed by atoms with Crippen LogP contribution in [0.5, 0.6) is 0 Å². The maximum absolute atomic E-state index is 12.4. The van der Waals surface area contributed by atoms with E-state index in [-0.39, 0.29) is 5.91 Å². The first kappa shape index (κ1) is 12.6. The minimum absolute atomic E-state index is 0.177. The van der Waals surface area contributed by atoms with E-state index in [0.29, 0.717) is 6.54 Å². The quantitative estimate of drug-likeness (QED) is 0.769. The van der Waals surface area contributed by atoms with Crippen LogP contribution in [0.4, 0.5) is 0 Å². The molecule has 0 atom stereocenters. The largest absolute Gasteiger partial charge is 0.335 e. The van der Waals surface area contributed by atoms with Crippen molar-refractivity contribution in [1.29, 1.82) is 5.26 Å². The van der Waals surface area contributed by atoms with Crippen molar-refractivity contribution in [2.45, 2.75) is 19.3 Å². The summed E-state index contributed by atoms with van der Waals surface area (Å²) in [7, 11) is 0. The number of hydrogen-bond donors (Lipinski definition) is 0. The Labute approximate surface area is 117 Å². The summed E-state index contributed by atoms with van der Waals surface area (Å²) in [5.74, 6) is 0.177. The number of rotatable bonds is 2. The lowest BCUT2D eigenvalue weighted by Gasteiger charge is -2.33. The maximum Gasteiger partial charge on any atom is 0.264 e. The molecule has 0 unspecified atom stereocenters. The van der Waals surface area contributed by atoms with Gasteiger partial charge in [0.15, 0.2) is 0 Å². The molecule has 0 radical (unpaired) electrons. The van der Waals surface area contributed by atoms with Crippen LogP contribution in [0, 0.1) is 11.3 Å². The summed E-state index contributed by atoms with van der Waals surface area (Å²) in [6.07, 6.45) is 3.51. The molecule has 19 heavy (non-hydrogen) atoms. The van der Waals surface area contributed by atoms with Gasteiger partial charge in [-0.1, -0.05) is 0 Å². The van der Waals surface area contributed by atoms with E-state index >= 15 is 0 Å². The molecule has 4 nitrogen and oxygen atoms in total. The van der Waals surface area contributed by atoms with E-state index in [0.717, 1.165) is 43.9 Å². The summed E-state index contributed by atoms with van der Waals surface area (Å²) < 4.78 is 0. The van der Waals surface area contributed by atoms with E-state index in [1.165, 1.54) is 16.9 Å². The molecule has 5 heteroatoms. The zero-order chi connectivity index (χ0) is 13.2. The topological polar surface area (TPSA) is 47.3 Å². The first-order valence-electron chi connectivity index (χ1n) is 6.78. The normalized spacial score (nSPS) is 19.2. The lowest BCUT2D eigenvalue weighted by atomic mass is 10.2. The monoisotopic (exact) mass is 275 g/mol. The highest BCUT2D eigenvalue weighted by Gasteiger charge is 2.25. The predicted molar refractivity (Wildman–Crippen MR) is 74.3 cm³/mol. The van der Waals surface area contributed by atoms with Crippen LogP contribution in [0.15, 0.2) is 6.07 Å². The number of aryl methyl sites for hydroxylation is 2. The van der Waals surface area contributed by atoms with Crippen molar-refractivity contribution in [3.8, 4) is 6.07 Å². The molecule has 1 aromatic rings. The van der Waals surface area contributed by atoms with Crippen molar-refractivity contribution in [3.05, 3.63) is 21.4 Å². The smallest absolute Gasteiger partial charge is 0.264 e. The first-order chi connectivity index (χ1) is 9.28. The number of amides is 1. The molecule has 0 spiro atoms. The van der Waals surface area contributed by atoms with Crippen molar-refractivity contribution in [2.75, 3.05) is 32.7 Å². The van der Waals surface area contributed by atoms with Crippen LogP contribution in [-0.2, 0) is 12.8 Å². The molecule has 1 aliphatic carbocycles. The first-order valence-corrected chi connectivity index (χ1v) is 7.60. The molecule has 0 bridgehead atoms. The molecule has 100 valence electrons. The fourth-order valence-electron chi connectivity index (χ4n) is 2.80. The number of fused-ring (bicyclic) bond motifs is 1. The molecule has 0 saturated carbocycles. The van der Waals surface area contributed by atoms with E-state index in [9.17, 15) is 4.79 Å². The molecule has 0 N–H and O–H groups in total. The van der Waals surface area contributed by atoms with Crippen LogP contribution in [-0.4, -0.2) is 48.4 Å². The van der Waals surface area contributed by atoms with Gasteiger partial charge < -0.3 is 4.90 Å². The third-order valence-electron chi connectivity index (χ3n) is 3.91. The molecule has 1 saturated heterocycles. The Balaban J connectivity index is 1.63. The molecule has 2 heterocycles. The summed E-state index contributed by atoms with van der Waals surface area (Å²) in [5, 5.41) is 8.67. The SMILES string of the molecule is N#CCN1CCN(C(=O)c2cc3c(s2)CCC3)CC1. The summed E-state index contributed by atoms with van der Waals surface area (Å²) in [6.45, 7) is 3.57. The summed E-state index contributed by atoms with van der Waals surface area (Å²) in [5.41, 5.74) is 1.39. The Morgan fingerprint density at radius 1 is 1.32 bits per heavy atom. The van der Waals surface area contributed by atoms with Gasteiger partial charge in [-0.3, -0.25) is 9.69 Å². The van der Waals surface area contributed by atoms with Crippen molar-refractivity contribution in [1.82, 2.24) is 9.80 Å². The molecule has 1 fully saturated rings. The second kappa shape index (κ2) is 5.32. The van der Waals surface area contributed by atoms with Gasteiger partial charge in [0.25, 0.3) is 5.91 Å². The van der Waals surface area contributed by atoms with Crippen LogP contribution >= 0.6 is 11.3 Å². The standard InChI is InChI=1S/C14H17N3OS/c15-4-5-16-6-8-17(9-7-16)14(18)13-10-11-2-1-3-12(11)19-13/h10H,1-3,5-9H2. The Morgan fingerprint density at radius 3 is 2.79 bits per heavy atom. The summed E-state index contributed by atoms with van der Waals surface area (Å²) in [4.78, 5) is 18.8. The highest BCUT2D eigenvalue weighted by Crippen LogP contribution is 2.31. The van der Waals surface area contributed by atoms with E-state index in [1.54, 1.807) is 11.3 Å². The molecule has 1 aliphatic heterocycles. The van der Waals surface area contributed by atoms with Gasteiger partial charge >= 0.3 is 0 Å². The number of carbonyl (C=O) groups excluding carboxylic acids is 1. The number of nitrogens with zero attached hydrogens (tertiary/aromatic N) is 3. The fraction of sp³-hybridized carbons (Fsp3) is 0.571. The highest BCUT2D eigenvalue weighted by atomic mass is 32.1. The summed E-state index contributed by atoms with van der Waals surface area (Å²) in [6, 6.07) is 4.26. The predicted octanol–water partition coefficient (Wildman–Crippen LogP) is 1.52. The highest BCUT2D eigenvalue weighted by molar-refractivity contribution is 7.14. The van der Waals surface area contributed by atoms with Gasteiger partial charge in [0.05, 0.1) is 17.5 Å². The zero-order valence-corrected chi connectivity index (χ0v) is 11.7. The van der Waals surface area contributed by atoms with Gasteiger partial charge in [-0.15, -0.1) is 11.3 Å². The van der Waals surface area contributed by atoms with Crippen LogP contribution in [0.3, 0.4) is 0 Å².